The number of hydrogen-bond acceptors (Lipinski definition) is 1. The van der Waals surface area contributed by atoms with Crippen LogP contribution in [0.25, 0.3) is 0 Å². The molecule has 0 aromatic carbocycles. The van der Waals surface area contributed by atoms with Crippen molar-refractivity contribution in [2.75, 3.05) is 0 Å². The average Bonchev–Trinajstić information content (AvgIpc) is 2.63. The van der Waals surface area contributed by atoms with Crippen LogP contribution in [0.3, 0.4) is 0 Å². The van der Waals surface area contributed by atoms with Crippen molar-refractivity contribution in [2.45, 2.75) is 117 Å². The van der Waals surface area contributed by atoms with Gasteiger partial charge in [-0.2, -0.15) is 0 Å². The maximum Gasteiger partial charge on any atom is 0.310 e. The smallest absolute Gasteiger partial charge is 0.310 e. The largest absolute Gasteiger partial charge is 0.481 e. The summed E-state index contributed by atoms with van der Waals surface area (Å²) in [6.45, 7) is 4.44. The summed E-state index contributed by atoms with van der Waals surface area (Å²) in [5.41, 5.74) is 0. The maximum absolute atomic E-state index is 11.3. The van der Waals surface area contributed by atoms with Gasteiger partial charge in [0.1, 0.15) is 0 Å². The Bertz CT molecular complexity index is 357. The standard InChI is InChI=1S/C24H44O2/c1-3-5-7-9-11-12-13-14-15-16-18-20-22-23(24(25)26)21-19-17-10-8-6-4-2/h10,17,19,21,23H,3-9,11-16,18,20,22H2,1-2H3,(H,25,26)/b17-10+,21-19+. The number of unbranched alkanes of at least 4 members (excludes halogenated alkanes) is 13. The van der Waals surface area contributed by atoms with Crippen LogP contribution >= 0.6 is 0 Å². The Labute approximate surface area is 163 Å². The number of aliphatic carboxylic acids is 1. The second-order valence-corrected chi connectivity index (χ2v) is 7.58. The second-order valence-electron chi connectivity index (χ2n) is 7.58. The van der Waals surface area contributed by atoms with Crippen LogP contribution in [0, 0.1) is 5.92 Å². The van der Waals surface area contributed by atoms with Crippen molar-refractivity contribution in [2.24, 2.45) is 5.92 Å². The highest BCUT2D eigenvalue weighted by atomic mass is 16.4. The zero-order valence-electron chi connectivity index (χ0n) is 17.6. The Morgan fingerprint density at radius 3 is 1.73 bits per heavy atom. The minimum absolute atomic E-state index is 0.325. The molecule has 0 aromatic heterocycles. The van der Waals surface area contributed by atoms with Crippen molar-refractivity contribution in [3.63, 3.8) is 0 Å². The van der Waals surface area contributed by atoms with E-state index in [0.717, 1.165) is 19.3 Å². The zero-order chi connectivity index (χ0) is 19.3. The number of hydrogen-bond donors (Lipinski definition) is 1. The van der Waals surface area contributed by atoms with Crippen molar-refractivity contribution in [1.29, 1.82) is 0 Å². The Morgan fingerprint density at radius 2 is 1.23 bits per heavy atom. The second kappa shape index (κ2) is 20.3. The number of carboxylic acid groups (broad SMARTS) is 1. The lowest BCUT2D eigenvalue weighted by Gasteiger charge is -2.07. The quantitative estimate of drug-likeness (QED) is 0.186. The van der Waals surface area contributed by atoms with Crippen molar-refractivity contribution >= 4 is 5.97 Å². The van der Waals surface area contributed by atoms with Gasteiger partial charge in [-0.05, 0) is 12.8 Å². The van der Waals surface area contributed by atoms with Gasteiger partial charge in [-0.15, -0.1) is 0 Å². The zero-order valence-corrected chi connectivity index (χ0v) is 17.6. The first-order valence-electron chi connectivity index (χ1n) is 11.3. The van der Waals surface area contributed by atoms with Crippen LogP contribution in [0.2, 0.25) is 0 Å². The third kappa shape index (κ3) is 17.8. The van der Waals surface area contributed by atoms with E-state index in [9.17, 15) is 9.90 Å². The Balaban J connectivity index is 3.58. The molecule has 2 nitrogen and oxygen atoms in total. The average molecular weight is 365 g/mol. The molecular weight excluding hydrogens is 320 g/mol. The number of rotatable bonds is 19. The molecule has 0 aliphatic carbocycles. The molecule has 1 atom stereocenters. The van der Waals surface area contributed by atoms with Crippen LogP contribution in [-0.4, -0.2) is 11.1 Å². The first-order chi connectivity index (χ1) is 12.7. The number of carbonyl (C=O) groups is 1. The Morgan fingerprint density at radius 1 is 0.731 bits per heavy atom. The topological polar surface area (TPSA) is 37.3 Å². The fraction of sp³-hybridized carbons (Fsp3) is 0.792. The van der Waals surface area contributed by atoms with E-state index in [1.807, 2.05) is 18.2 Å². The summed E-state index contributed by atoms with van der Waals surface area (Å²) in [6, 6.07) is 0. The molecule has 0 bridgehead atoms. The lowest BCUT2D eigenvalue weighted by Crippen LogP contribution is -2.10. The maximum atomic E-state index is 11.3. The Kier molecular flexibility index (Phi) is 19.4. The molecule has 0 aromatic rings. The van der Waals surface area contributed by atoms with E-state index in [1.54, 1.807) is 0 Å². The minimum atomic E-state index is -0.689. The van der Waals surface area contributed by atoms with E-state index in [0.29, 0.717) is 0 Å². The third-order valence-corrected chi connectivity index (χ3v) is 5.00. The number of allylic oxidation sites excluding steroid dienone is 3. The van der Waals surface area contributed by atoms with E-state index in [1.165, 1.54) is 83.5 Å². The van der Waals surface area contributed by atoms with Gasteiger partial charge >= 0.3 is 5.97 Å². The molecule has 0 rings (SSSR count). The van der Waals surface area contributed by atoms with Crippen molar-refractivity contribution in [3.8, 4) is 0 Å². The highest BCUT2D eigenvalue weighted by Crippen LogP contribution is 2.15. The van der Waals surface area contributed by atoms with Gasteiger partial charge in [-0.3, -0.25) is 4.79 Å². The summed E-state index contributed by atoms with van der Waals surface area (Å²) in [5.74, 6) is -1.01. The fourth-order valence-electron chi connectivity index (χ4n) is 3.20. The molecular formula is C24H44O2. The van der Waals surface area contributed by atoms with Crippen molar-refractivity contribution < 1.29 is 9.90 Å². The number of carboxylic acids is 1. The van der Waals surface area contributed by atoms with E-state index in [4.69, 9.17) is 0 Å². The van der Waals surface area contributed by atoms with E-state index in [-0.39, 0.29) is 5.92 Å². The first kappa shape index (κ1) is 24.9. The molecule has 0 saturated carbocycles. The Hall–Kier alpha value is -1.05. The van der Waals surface area contributed by atoms with Crippen molar-refractivity contribution in [1.82, 2.24) is 0 Å². The SMILES string of the molecule is CCCC/C=C/C=C/C(CCCCCCCCCCCCCC)C(=O)O. The predicted octanol–water partition coefficient (Wildman–Crippen LogP) is 8.08. The highest BCUT2D eigenvalue weighted by molar-refractivity contribution is 5.72. The molecule has 0 saturated heterocycles. The monoisotopic (exact) mass is 364 g/mol. The van der Waals surface area contributed by atoms with Gasteiger partial charge in [0.15, 0.2) is 0 Å². The van der Waals surface area contributed by atoms with Gasteiger partial charge in [0.25, 0.3) is 0 Å². The molecule has 0 radical (unpaired) electrons. The van der Waals surface area contributed by atoms with Crippen molar-refractivity contribution in [3.05, 3.63) is 24.3 Å². The van der Waals surface area contributed by atoms with E-state index < -0.39 is 5.97 Å². The molecule has 26 heavy (non-hydrogen) atoms. The van der Waals surface area contributed by atoms with E-state index in [2.05, 4.69) is 19.9 Å². The molecule has 1 N–H and O–H groups in total. The summed E-state index contributed by atoms with van der Waals surface area (Å²) in [5, 5.41) is 9.32. The summed E-state index contributed by atoms with van der Waals surface area (Å²) >= 11 is 0. The lowest BCUT2D eigenvalue weighted by atomic mass is 9.99. The van der Waals surface area contributed by atoms with Gasteiger partial charge in [-0.1, -0.05) is 128 Å². The third-order valence-electron chi connectivity index (χ3n) is 5.00. The highest BCUT2D eigenvalue weighted by Gasteiger charge is 2.12. The molecule has 152 valence electrons. The molecule has 0 heterocycles. The fourth-order valence-corrected chi connectivity index (χ4v) is 3.20. The van der Waals surface area contributed by atoms with Gasteiger partial charge in [0, 0.05) is 0 Å². The van der Waals surface area contributed by atoms with Crippen LogP contribution in [0.4, 0.5) is 0 Å². The van der Waals surface area contributed by atoms with E-state index >= 15 is 0 Å². The molecule has 2 heteroatoms. The normalized spacial score (nSPS) is 13.0. The first-order valence-corrected chi connectivity index (χ1v) is 11.3. The van der Waals surface area contributed by atoms with Gasteiger partial charge in [0.2, 0.25) is 0 Å². The van der Waals surface area contributed by atoms with Gasteiger partial charge in [0.05, 0.1) is 5.92 Å². The minimum Gasteiger partial charge on any atom is -0.481 e. The summed E-state index contributed by atoms with van der Waals surface area (Å²) in [6.07, 6.45) is 27.9. The molecule has 1 unspecified atom stereocenters. The summed E-state index contributed by atoms with van der Waals surface area (Å²) in [4.78, 5) is 11.3. The van der Waals surface area contributed by atoms with Crippen LogP contribution in [0.1, 0.15) is 117 Å². The molecule has 0 amide bonds. The van der Waals surface area contributed by atoms with Crippen LogP contribution in [0.15, 0.2) is 24.3 Å². The van der Waals surface area contributed by atoms with Gasteiger partial charge in [-0.25, -0.2) is 0 Å². The molecule has 0 spiro atoms. The summed E-state index contributed by atoms with van der Waals surface area (Å²) in [7, 11) is 0. The lowest BCUT2D eigenvalue weighted by molar-refractivity contribution is -0.140. The predicted molar refractivity (Wildman–Crippen MR) is 115 cm³/mol. The molecule has 0 aliphatic rings. The van der Waals surface area contributed by atoms with Crippen LogP contribution in [-0.2, 0) is 4.79 Å². The van der Waals surface area contributed by atoms with Gasteiger partial charge < -0.3 is 5.11 Å². The summed E-state index contributed by atoms with van der Waals surface area (Å²) < 4.78 is 0. The molecule has 0 fully saturated rings. The van der Waals surface area contributed by atoms with Crippen LogP contribution in [0.5, 0.6) is 0 Å². The van der Waals surface area contributed by atoms with Crippen LogP contribution < -0.4 is 0 Å². The molecule has 0 aliphatic heterocycles.